The van der Waals surface area contributed by atoms with Crippen LogP contribution in [-0.4, -0.2) is 11.6 Å². The molecule has 0 saturated heterocycles. The molecule has 0 fully saturated rings. The number of ketones is 2. The number of carbonyl (C=O) groups excluding carboxylic acids is 2. The van der Waals surface area contributed by atoms with Crippen molar-refractivity contribution in [2.24, 2.45) is 0 Å². The van der Waals surface area contributed by atoms with Gasteiger partial charge >= 0.3 is 0 Å². The molecule has 2 heteroatoms. The molecule has 0 bridgehead atoms. The summed E-state index contributed by atoms with van der Waals surface area (Å²) in [5, 5.41) is 5.64. The highest BCUT2D eigenvalue weighted by Crippen LogP contribution is 2.33. The first-order valence-corrected chi connectivity index (χ1v) is 12.3. The van der Waals surface area contributed by atoms with E-state index in [0.29, 0.717) is 22.3 Å². The Labute approximate surface area is 205 Å². The van der Waals surface area contributed by atoms with Crippen LogP contribution in [0, 0.1) is 6.92 Å². The summed E-state index contributed by atoms with van der Waals surface area (Å²) < 4.78 is 0. The Balaban J connectivity index is 0.000000131. The summed E-state index contributed by atoms with van der Waals surface area (Å²) in [6.45, 7) is 1.92. The number of carbonyl (C=O) groups is 2. The van der Waals surface area contributed by atoms with E-state index in [1.54, 1.807) is 47.5 Å². The Morgan fingerprint density at radius 3 is 2.03 bits per heavy atom. The molecule has 7 rings (SSSR count). The maximum Gasteiger partial charge on any atom is 0.194 e. The quantitative estimate of drug-likeness (QED) is 0.221. The molecule has 0 aliphatic heterocycles. The summed E-state index contributed by atoms with van der Waals surface area (Å²) in [4.78, 5) is 24.5. The van der Waals surface area contributed by atoms with Gasteiger partial charge in [0.1, 0.15) is 0 Å². The normalized spacial score (nSPS) is 14.1. The molecule has 2 aliphatic rings. The number of benzene rings is 5. The van der Waals surface area contributed by atoms with Crippen LogP contribution in [0.4, 0.5) is 0 Å². The largest absolute Gasteiger partial charge is 0.289 e. The van der Waals surface area contributed by atoms with Crippen LogP contribution in [0.25, 0.3) is 21.5 Å². The van der Waals surface area contributed by atoms with Crippen molar-refractivity contribution in [2.75, 3.05) is 0 Å². The highest BCUT2D eigenvalue weighted by molar-refractivity contribution is 6.28. The van der Waals surface area contributed by atoms with Gasteiger partial charge in [-0.2, -0.15) is 0 Å². The van der Waals surface area contributed by atoms with Crippen molar-refractivity contribution < 1.29 is 9.59 Å². The Bertz CT molecular complexity index is 1640. The van der Waals surface area contributed by atoms with Crippen molar-refractivity contribution in [1.29, 1.82) is 0 Å². The van der Waals surface area contributed by atoms with Crippen molar-refractivity contribution in [3.8, 4) is 0 Å². The second-order valence-electron chi connectivity index (χ2n) is 9.55. The van der Waals surface area contributed by atoms with Gasteiger partial charge in [-0.1, -0.05) is 90.5 Å². The number of rotatable bonds is 0. The van der Waals surface area contributed by atoms with Crippen LogP contribution >= 0.6 is 0 Å². The van der Waals surface area contributed by atoms with E-state index in [2.05, 4.69) is 48.5 Å². The van der Waals surface area contributed by atoms with Crippen LogP contribution in [0.2, 0.25) is 0 Å². The lowest BCUT2D eigenvalue weighted by molar-refractivity contribution is 0.0979. The zero-order valence-electron chi connectivity index (χ0n) is 19.8. The van der Waals surface area contributed by atoms with E-state index in [9.17, 15) is 9.59 Å². The fourth-order valence-corrected chi connectivity index (χ4v) is 5.56. The zero-order valence-corrected chi connectivity index (χ0v) is 19.8. The Morgan fingerprint density at radius 2 is 1.20 bits per heavy atom. The minimum Gasteiger partial charge on any atom is -0.289 e. The lowest BCUT2D eigenvalue weighted by Crippen LogP contribution is -2.20. The molecule has 5 aromatic carbocycles. The van der Waals surface area contributed by atoms with Gasteiger partial charge in [-0.25, -0.2) is 0 Å². The van der Waals surface area contributed by atoms with E-state index < -0.39 is 0 Å². The van der Waals surface area contributed by atoms with Crippen molar-refractivity contribution >= 4 is 33.1 Å². The third kappa shape index (κ3) is 3.66. The third-order valence-corrected chi connectivity index (χ3v) is 7.34. The molecule has 170 valence electrons. The van der Waals surface area contributed by atoms with Gasteiger partial charge in [-0.3, -0.25) is 9.59 Å². The van der Waals surface area contributed by atoms with Crippen LogP contribution in [0.3, 0.4) is 0 Å². The van der Waals surface area contributed by atoms with Gasteiger partial charge in [0.2, 0.25) is 0 Å². The number of fused-ring (bicyclic) bond motifs is 7. The standard InChI is InChI=1S/C18H16.C15H10O2/c1-3-7-15-13(5-1)9-11-18-16-8-4-2-6-14(16)10-12-17(15)18;1-9-6-7-12-13(8-9)15(17)11-5-3-2-4-10(11)14(12)16/h1,3,5,7,9-12H,2,4,6,8H2;2-8H,1H3. The number of aryl methyl sites for hydroxylation is 3. The molecule has 0 spiro atoms. The average molecular weight is 455 g/mol. The summed E-state index contributed by atoms with van der Waals surface area (Å²) >= 11 is 0. The zero-order chi connectivity index (χ0) is 23.9. The predicted molar refractivity (Wildman–Crippen MR) is 143 cm³/mol. The van der Waals surface area contributed by atoms with Crippen LogP contribution in [-0.2, 0) is 12.8 Å². The molecule has 0 aromatic heterocycles. The summed E-state index contributed by atoms with van der Waals surface area (Å²) in [7, 11) is 0. The minimum absolute atomic E-state index is 0.0566. The molecule has 0 saturated carbocycles. The lowest BCUT2D eigenvalue weighted by atomic mass is 9.83. The first kappa shape index (κ1) is 21.5. The van der Waals surface area contributed by atoms with Gasteiger partial charge < -0.3 is 0 Å². The van der Waals surface area contributed by atoms with E-state index in [1.807, 2.05) is 13.0 Å². The molecule has 0 unspecified atom stereocenters. The molecule has 2 aliphatic carbocycles. The fraction of sp³-hybridized carbons (Fsp3) is 0.152. The van der Waals surface area contributed by atoms with Gasteiger partial charge in [0.15, 0.2) is 11.6 Å². The monoisotopic (exact) mass is 454 g/mol. The third-order valence-electron chi connectivity index (χ3n) is 7.34. The molecule has 0 amide bonds. The van der Waals surface area contributed by atoms with Crippen LogP contribution in [0.15, 0.2) is 91.0 Å². The van der Waals surface area contributed by atoms with Crippen molar-refractivity contribution in [1.82, 2.24) is 0 Å². The smallest absolute Gasteiger partial charge is 0.194 e. The Morgan fingerprint density at radius 1 is 0.543 bits per heavy atom. The molecule has 0 atom stereocenters. The minimum atomic E-state index is -0.0600. The molecular weight excluding hydrogens is 428 g/mol. The maximum absolute atomic E-state index is 12.3. The van der Waals surface area contributed by atoms with E-state index >= 15 is 0 Å². The molecule has 35 heavy (non-hydrogen) atoms. The van der Waals surface area contributed by atoms with Crippen LogP contribution in [0.5, 0.6) is 0 Å². The molecule has 2 nitrogen and oxygen atoms in total. The van der Waals surface area contributed by atoms with Gasteiger partial charge in [-0.15, -0.1) is 0 Å². The predicted octanol–water partition coefficient (Wildman–Crippen LogP) is 7.64. The first-order chi connectivity index (χ1) is 17.1. The van der Waals surface area contributed by atoms with E-state index in [-0.39, 0.29) is 11.6 Å². The fourth-order valence-electron chi connectivity index (χ4n) is 5.56. The molecule has 0 heterocycles. The van der Waals surface area contributed by atoms with Gasteiger partial charge in [0.05, 0.1) is 0 Å². The molecule has 0 radical (unpaired) electrons. The van der Waals surface area contributed by atoms with Crippen LogP contribution in [0.1, 0.15) is 61.4 Å². The maximum atomic E-state index is 12.3. The second-order valence-corrected chi connectivity index (χ2v) is 9.55. The highest BCUT2D eigenvalue weighted by atomic mass is 16.1. The molecule has 0 N–H and O–H groups in total. The van der Waals surface area contributed by atoms with Crippen LogP contribution < -0.4 is 0 Å². The first-order valence-electron chi connectivity index (χ1n) is 12.3. The van der Waals surface area contributed by atoms with Crippen molar-refractivity contribution in [2.45, 2.75) is 32.6 Å². The van der Waals surface area contributed by atoms with E-state index in [0.717, 1.165) is 5.56 Å². The van der Waals surface area contributed by atoms with Crippen molar-refractivity contribution in [3.63, 3.8) is 0 Å². The van der Waals surface area contributed by atoms with E-state index in [4.69, 9.17) is 0 Å². The summed E-state index contributed by atoms with van der Waals surface area (Å²) in [5.41, 5.74) is 6.22. The summed E-state index contributed by atoms with van der Waals surface area (Å²) in [6.07, 6.45) is 5.22. The summed E-state index contributed by atoms with van der Waals surface area (Å²) in [5.74, 6) is -0.117. The lowest BCUT2D eigenvalue weighted by Gasteiger charge is -2.18. The van der Waals surface area contributed by atoms with Gasteiger partial charge in [0, 0.05) is 22.3 Å². The Hall–Kier alpha value is -4.04. The average Bonchev–Trinajstić information content (AvgIpc) is 2.91. The highest BCUT2D eigenvalue weighted by Gasteiger charge is 2.28. The SMILES string of the molecule is Cc1ccc2c(c1)C(=O)c1ccccc1C2=O.c1ccc2c(c1)ccc1c3c(ccc12)CCCC3. The second kappa shape index (κ2) is 8.63. The summed E-state index contributed by atoms with van der Waals surface area (Å²) in [6, 6.07) is 30.3. The molecule has 5 aromatic rings. The van der Waals surface area contributed by atoms with E-state index in [1.165, 1.54) is 47.2 Å². The van der Waals surface area contributed by atoms with Crippen molar-refractivity contribution in [3.05, 3.63) is 130 Å². The number of hydrogen-bond acceptors (Lipinski definition) is 2. The molecular formula is C33H26O2. The van der Waals surface area contributed by atoms with Gasteiger partial charge in [0.25, 0.3) is 0 Å². The van der Waals surface area contributed by atoms with Gasteiger partial charge in [-0.05, 0) is 71.3 Å². The topological polar surface area (TPSA) is 34.1 Å². The number of hydrogen-bond donors (Lipinski definition) is 0. The Kier molecular flexibility index (Phi) is 5.30.